The number of halogens is 1. The van der Waals surface area contributed by atoms with Crippen LogP contribution in [-0.2, 0) is 4.79 Å². The van der Waals surface area contributed by atoms with Gasteiger partial charge in [-0.05, 0) is 30.3 Å². The number of hydrogen-bond donors (Lipinski definition) is 0. The number of likely N-dealkylation sites (tertiary alicyclic amines) is 1. The topological polar surface area (TPSA) is 72.7 Å². The normalized spacial score (nSPS) is 20.1. The average molecular weight is 333 g/mol. The molecule has 6 nitrogen and oxygen atoms in total. The fourth-order valence-electron chi connectivity index (χ4n) is 2.64. The number of hydrogen-bond acceptors (Lipinski definition) is 4. The number of para-hydroxylation sites is 1. The number of ether oxygens (including phenoxy) is 1. The summed E-state index contributed by atoms with van der Waals surface area (Å²) in [6, 6.07) is 12.5. The van der Waals surface area contributed by atoms with Crippen LogP contribution in [0.15, 0.2) is 48.5 Å². The number of nitrogens with zero attached hydrogens (tertiary/aromatic N) is 2. The van der Waals surface area contributed by atoms with Crippen LogP contribution in [0.5, 0.6) is 5.75 Å². The molecule has 2 aromatic rings. The maximum Gasteiger partial charge on any atom is 0.274 e. The molecule has 2 atom stereocenters. The average Bonchev–Trinajstić information content (AvgIpc) is 2.56. The van der Waals surface area contributed by atoms with Crippen molar-refractivity contribution in [3.8, 4) is 5.75 Å². The molecule has 118 valence electrons. The summed E-state index contributed by atoms with van der Waals surface area (Å²) in [5, 5.41) is 11.8. The molecule has 0 spiro atoms. The van der Waals surface area contributed by atoms with Crippen molar-refractivity contribution in [2.24, 2.45) is 0 Å². The van der Waals surface area contributed by atoms with E-state index in [0.29, 0.717) is 16.3 Å². The lowest BCUT2D eigenvalue weighted by Crippen LogP contribution is -2.59. The van der Waals surface area contributed by atoms with E-state index in [2.05, 4.69) is 0 Å². The molecule has 7 heteroatoms. The second-order valence-electron chi connectivity index (χ2n) is 5.20. The monoisotopic (exact) mass is 332 g/mol. The van der Waals surface area contributed by atoms with Gasteiger partial charge in [-0.25, -0.2) is 0 Å². The lowest BCUT2D eigenvalue weighted by Gasteiger charge is -2.44. The quantitative estimate of drug-likeness (QED) is 0.489. The molecule has 1 saturated heterocycles. The third kappa shape index (κ3) is 2.73. The number of carbonyl (C=O) groups is 1. The van der Waals surface area contributed by atoms with Gasteiger partial charge >= 0.3 is 0 Å². The lowest BCUT2D eigenvalue weighted by molar-refractivity contribution is -0.386. The number of nitro groups is 1. The van der Waals surface area contributed by atoms with Crippen LogP contribution in [0.4, 0.5) is 5.69 Å². The first-order chi connectivity index (χ1) is 11.0. The number of amides is 1. The minimum absolute atomic E-state index is 0.0263. The predicted octanol–water partition coefficient (Wildman–Crippen LogP) is 3.21. The van der Waals surface area contributed by atoms with E-state index in [0.717, 1.165) is 0 Å². The summed E-state index contributed by atoms with van der Waals surface area (Å²) in [5.41, 5.74) is 0.431. The molecule has 3 rings (SSSR count). The fraction of sp³-hybridized carbons (Fsp3) is 0.188. The number of carbonyl (C=O) groups excluding carboxylic acids is 1. The standard InChI is InChI=1S/C16H13ClN2O4/c1-18-14(12-4-2-3-5-13(12)19(21)22)15(16(18)20)23-11-8-6-10(17)7-9-11/h2-9,14-15H,1H3. The van der Waals surface area contributed by atoms with Gasteiger partial charge in [0.1, 0.15) is 11.8 Å². The Morgan fingerprint density at radius 1 is 1.17 bits per heavy atom. The van der Waals surface area contributed by atoms with Gasteiger partial charge in [-0.15, -0.1) is 0 Å². The zero-order chi connectivity index (χ0) is 16.6. The van der Waals surface area contributed by atoms with E-state index in [4.69, 9.17) is 16.3 Å². The van der Waals surface area contributed by atoms with Gasteiger partial charge in [-0.1, -0.05) is 23.7 Å². The first-order valence-electron chi connectivity index (χ1n) is 6.91. The van der Waals surface area contributed by atoms with Gasteiger partial charge in [0.25, 0.3) is 11.6 Å². The number of benzene rings is 2. The minimum Gasteiger partial charge on any atom is -0.478 e. The molecule has 0 N–H and O–H groups in total. The van der Waals surface area contributed by atoms with Crippen LogP contribution >= 0.6 is 11.6 Å². The summed E-state index contributed by atoms with van der Waals surface area (Å²) in [5.74, 6) is 0.271. The fourth-order valence-corrected chi connectivity index (χ4v) is 2.77. The molecule has 1 heterocycles. The van der Waals surface area contributed by atoms with Crippen LogP contribution in [0, 0.1) is 10.1 Å². The van der Waals surface area contributed by atoms with Crippen molar-refractivity contribution < 1.29 is 14.5 Å². The highest BCUT2D eigenvalue weighted by molar-refractivity contribution is 6.30. The van der Waals surface area contributed by atoms with Gasteiger partial charge in [-0.2, -0.15) is 0 Å². The first kappa shape index (κ1) is 15.3. The molecule has 2 aromatic carbocycles. The smallest absolute Gasteiger partial charge is 0.274 e. The molecule has 0 bridgehead atoms. The van der Waals surface area contributed by atoms with Crippen LogP contribution in [0.25, 0.3) is 0 Å². The Morgan fingerprint density at radius 2 is 1.83 bits per heavy atom. The van der Waals surface area contributed by atoms with Crippen molar-refractivity contribution in [2.45, 2.75) is 12.1 Å². The van der Waals surface area contributed by atoms with Gasteiger partial charge in [0.15, 0.2) is 0 Å². The summed E-state index contributed by atoms with van der Waals surface area (Å²) in [4.78, 5) is 24.3. The van der Waals surface area contributed by atoms with Crippen molar-refractivity contribution in [1.82, 2.24) is 4.90 Å². The molecule has 1 aliphatic rings. The van der Waals surface area contributed by atoms with E-state index >= 15 is 0 Å². The Kier molecular flexibility index (Phi) is 3.92. The van der Waals surface area contributed by atoms with Crippen LogP contribution in [-0.4, -0.2) is 28.9 Å². The molecule has 1 fully saturated rings. The zero-order valence-electron chi connectivity index (χ0n) is 12.2. The molecule has 23 heavy (non-hydrogen) atoms. The summed E-state index contributed by atoms with van der Waals surface area (Å²) in [6.07, 6.45) is -0.790. The van der Waals surface area contributed by atoms with Gasteiger partial charge < -0.3 is 9.64 Å². The molecule has 0 saturated carbocycles. The van der Waals surface area contributed by atoms with Crippen molar-refractivity contribution in [1.29, 1.82) is 0 Å². The second kappa shape index (κ2) is 5.89. The highest BCUT2D eigenvalue weighted by Gasteiger charge is 2.50. The zero-order valence-corrected chi connectivity index (χ0v) is 12.9. The molecular formula is C16H13ClN2O4. The van der Waals surface area contributed by atoms with Gasteiger partial charge in [0.05, 0.1) is 10.5 Å². The number of nitro benzene ring substituents is 1. The lowest BCUT2D eigenvalue weighted by atomic mass is 9.90. The summed E-state index contributed by atoms with van der Waals surface area (Å²) >= 11 is 5.82. The predicted molar refractivity (Wildman–Crippen MR) is 84.5 cm³/mol. The Bertz CT molecular complexity index is 763. The van der Waals surface area contributed by atoms with E-state index in [-0.39, 0.29) is 11.6 Å². The maximum atomic E-state index is 12.1. The third-order valence-electron chi connectivity index (χ3n) is 3.82. The van der Waals surface area contributed by atoms with Gasteiger partial charge in [0.2, 0.25) is 6.10 Å². The Morgan fingerprint density at radius 3 is 2.48 bits per heavy atom. The third-order valence-corrected chi connectivity index (χ3v) is 4.08. The van der Waals surface area contributed by atoms with Crippen molar-refractivity contribution in [3.63, 3.8) is 0 Å². The van der Waals surface area contributed by atoms with Crippen LogP contribution < -0.4 is 4.74 Å². The summed E-state index contributed by atoms with van der Waals surface area (Å²) in [7, 11) is 1.60. The van der Waals surface area contributed by atoms with Crippen LogP contribution in [0.2, 0.25) is 5.02 Å². The van der Waals surface area contributed by atoms with Crippen molar-refractivity contribution in [3.05, 3.63) is 69.2 Å². The first-order valence-corrected chi connectivity index (χ1v) is 7.29. The van der Waals surface area contributed by atoms with Crippen LogP contribution in [0.1, 0.15) is 11.6 Å². The van der Waals surface area contributed by atoms with E-state index in [9.17, 15) is 14.9 Å². The molecular weight excluding hydrogens is 320 g/mol. The Balaban J connectivity index is 1.90. The molecule has 2 unspecified atom stereocenters. The number of likely N-dealkylation sites (N-methyl/N-ethyl adjacent to an activating group) is 1. The molecule has 0 aromatic heterocycles. The molecule has 0 radical (unpaired) electrons. The molecule has 1 aliphatic heterocycles. The van der Waals surface area contributed by atoms with E-state index in [1.165, 1.54) is 11.0 Å². The van der Waals surface area contributed by atoms with E-state index < -0.39 is 17.1 Å². The SMILES string of the molecule is CN1C(=O)C(Oc2ccc(Cl)cc2)C1c1ccccc1[N+](=O)[O-]. The van der Waals surface area contributed by atoms with E-state index in [1.807, 2.05) is 0 Å². The van der Waals surface area contributed by atoms with E-state index in [1.54, 1.807) is 49.5 Å². The number of β-lactam (4-membered cyclic amide) rings is 1. The van der Waals surface area contributed by atoms with Crippen LogP contribution in [0.3, 0.4) is 0 Å². The minimum atomic E-state index is -0.790. The highest BCUT2D eigenvalue weighted by Crippen LogP contribution is 2.40. The van der Waals surface area contributed by atoms with Crippen molar-refractivity contribution in [2.75, 3.05) is 7.05 Å². The highest BCUT2D eigenvalue weighted by atomic mass is 35.5. The largest absolute Gasteiger partial charge is 0.478 e. The maximum absolute atomic E-state index is 12.1. The number of rotatable bonds is 4. The molecule has 0 aliphatic carbocycles. The molecule has 1 amide bonds. The van der Waals surface area contributed by atoms with Crippen molar-refractivity contribution >= 4 is 23.2 Å². The second-order valence-corrected chi connectivity index (χ2v) is 5.64. The summed E-state index contributed by atoms with van der Waals surface area (Å²) in [6.45, 7) is 0. The Hall–Kier alpha value is -2.60. The van der Waals surface area contributed by atoms with Gasteiger partial charge in [0, 0.05) is 18.1 Å². The van der Waals surface area contributed by atoms with Gasteiger partial charge in [-0.3, -0.25) is 14.9 Å². The summed E-state index contributed by atoms with van der Waals surface area (Å²) < 4.78 is 5.72. The Labute approximate surface area is 137 Å².